The summed E-state index contributed by atoms with van der Waals surface area (Å²) in [6.45, 7) is 1.92. The van der Waals surface area contributed by atoms with Gasteiger partial charge in [-0.1, -0.05) is 0 Å². The Bertz CT molecular complexity index is 899. The largest absolute Gasteiger partial charge is 0.364 e. The maximum atomic E-state index is 12.3. The highest BCUT2D eigenvalue weighted by molar-refractivity contribution is 6.03. The molecule has 2 aromatic heterocycles. The molecule has 7 nitrogen and oxygen atoms in total. The van der Waals surface area contributed by atoms with Gasteiger partial charge in [-0.2, -0.15) is 0 Å². The Morgan fingerprint density at radius 3 is 2.58 bits per heavy atom. The number of carbonyl (C=O) groups excluding carboxylic acids is 2. The van der Waals surface area contributed by atoms with Crippen LogP contribution in [0.4, 0.5) is 5.82 Å². The zero-order valence-corrected chi connectivity index (χ0v) is 12.9. The zero-order chi connectivity index (χ0) is 17.1. The molecule has 3 N–H and O–H groups in total. The van der Waals surface area contributed by atoms with Crippen molar-refractivity contribution in [1.29, 1.82) is 0 Å². The normalized spacial score (nSPS) is 10.4. The third kappa shape index (κ3) is 3.14. The highest BCUT2D eigenvalue weighted by atomic mass is 16.2. The molecule has 0 aliphatic carbocycles. The van der Waals surface area contributed by atoms with Gasteiger partial charge < -0.3 is 11.1 Å². The molecule has 120 valence electrons. The van der Waals surface area contributed by atoms with E-state index < -0.39 is 5.91 Å². The summed E-state index contributed by atoms with van der Waals surface area (Å²) in [4.78, 5) is 31.6. The van der Waals surface area contributed by atoms with Crippen LogP contribution in [0.2, 0.25) is 0 Å². The summed E-state index contributed by atoms with van der Waals surface area (Å²) in [5.41, 5.74) is 7.75. The predicted molar refractivity (Wildman–Crippen MR) is 89.0 cm³/mol. The number of amides is 2. The van der Waals surface area contributed by atoms with Crippen molar-refractivity contribution in [2.24, 2.45) is 5.73 Å². The Kier molecular flexibility index (Phi) is 4.07. The smallest absolute Gasteiger partial charge is 0.267 e. The van der Waals surface area contributed by atoms with Gasteiger partial charge in [0, 0.05) is 17.4 Å². The van der Waals surface area contributed by atoms with E-state index in [0.29, 0.717) is 17.1 Å². The van der Waals surface area contributed by atoms with E-state index in [2.05, 4.69) is 15.3 Å². The van der Waals surface area contributed by atoms with Crippen molar-refractivity contribution in [1.82, 2.24) is 14.5 Å². The molecule has 3 rings (SSSR count). The standard InChI is InChI=1S/C17H15N5O2/c1-11-6-7-20-15(8-11)21-17(24)12-2-4-13(5-3-12)22-10-19-9-14(22)16(18)23/h2-10H,1H3,(H2,18,23)(H,20,21,24). The molecule has 0 bridgehead atoms. The number of carbonyl (C=O) groups is 2. The summed E-state index contributed by atoms with van der Waals surface area (Å²) in [5.74, 6) is -0.338. The Morgan fingerprint density at radius 2 is 1.92 bits per heavy atom. The average molecular weight is 321 g/mol. The summed E-state index contributed by atoms with van der Waals surface area (Å²) < 4.78 is 1.56. The van der Waals surface area contributed by atoms with Crippen molar-refractivity contribution in [2.45, 2.75) is 6.92 Å². The number of nitrogens with zero attached hydrogens (tertiary/aromatic N) is 3. The summed E-state index contributed by atoms with van der Waals surface area (Å²) in [7, 11) is 0. The number of hydrogen-bond donors (Lipinski definition) is 2. The molecule has 0 unspecified atom stereocenters. The van der Waals surface area contributed by atoms with Crippen molar-refractivity contribution in [3.05, 3.63) is 71.9 Å². The van der Waals surface area contributed by atoms with Crippen molar-refractivity contribution >= 4 is 17.6 Å². The number of nitrogens with one attached hydrogen (secondary N) is 1. The lowest BCUT2D eigenvalue weighted by molar-refractivity contribution is 0.0991. The number of primary amides is 1. The fourth-order valence-corrected chi connectivity index (χ4v) is 2.25. The van der Waals surface area contributed by atoms with E-state index in [1.807, 2.05) is 13.0 Å². The van der Waals surface area contributed by atoms with Crippen LogP contribution in [0.1, 0.15) is 26.4 Å². The molecule has 0 spiro atoms. The van der Waals surface area contributed by atoms with E-state index in [9.17, 15) is 9.59 Å². The molecule has 2 amide bonds. The van der Waals surface area contributed by atoms with Crippen LogP contribution in [0, 0.1) is 6.92 Å². The molecule has 1 aromatic carbocycles. The van der Waals surface area contributed by atoms with Gasteiger partial charge in [0.15, 0.2) is 0 Å². The third-order valence-electron chi connectivity index (χ3n) is 3.46. The maximum absolute atomic E-state index is 12.3. The fraction of sp³-hybridized carbons (Fsp3) is 0.0588. The number of benzene rings is 1. The van der Waals surface area contributed by atoms with E-state index in [0.717, 1.165) is 5.56 Å². The molecule has 24 heavy (non-hydrogen) atoms. The minimum Gasteiger partial charge on any atom is -0.364 e. The van der Waals surface area contributed by atoms with Gasteiger partial charge in [-0.05, 0) is 48.9 Å². The molecular formula is C17H15N5O2. The molecule has 0 atom stereocenters. The molecule has 0 aliphatic heterocycles. The highest BCUT2D eigenvalue weighted by Crippen LogP contribution is 2.14. The van der Waals surface area contributed by atoms with Crippen LogP contribution < -0.4 is 11.1 Å². The minimum atomic E-state index is -0.570. The Hall–Kier alpha value is -3.48. The summed E-state index contributed by atoms with van der Waals surface area (Å²) in [6.07, 6.45) is 4.52. The Labute approximate surface area is 138 Å². The van der Waals surface area contributed by atoms with E-state index in [4.69, 9.17) is 5.73 Å². The summed E-state index contributed by atoms with van der Waals surface area (Å²) in [6, 6.07) is 10.4. The van der Waals surface area contributed by atoms with Crippen LogP contribution in [-0.2, 0) is 0 Å². The minimum absolute atomic E-state index is 0.264. The molecule has 0 aliphatic rings. The van der Waals surface area contributed by atoms with Gasteiger partial charge in [-0.3, -0.25) is 14.2 Å². The number of imidazole rings is 1. The number of anilines is 1. The van der Waals surface area contributed by atoms with Crippen molar-refractivity contribution in [2.75, 3.05) is 5.32 Å². The van der Waals surface area contributed by atoms with Crippen molar-refractivity contribution in [3.8, 4) is 5.69 Å². The first-order chi connectivity index (χ1) is 11.5. The molecule has 7 heteroatoms. The molecule has 0 radical (unpaired) electrons. The van der Waals surface area contributed by atoms with Gasteiger partial charge in [0.1, 0.15) is 11.5 Å². The van der Waals surface area contributed by atoms with Crippen LogP contribution in [0.3, 0.4) is 0 Å². The lowest BCUT2D eigenvalue weighted by atomic mass is 10.2. The second kappa shape index (κ2) is 6.33. The summed E-state index contributed by atoms with van der Waals surface area (Å²) in [5, 5.41) is 2.74. The fourth-order valence-electron chi connectivity index (χ4n) is 2.25. The van der Waals surface area contributed by atoms with Crippen LogP contribution in [-0.4, -0.2) is 26.3 Å². The Balaban J connectivity index is 1.80. The average Bonchev–Trinajstić information content (AvgIpc) is 3.05. The zero-order valence-electron chi connectivity index (χ0n) is 12.9. The van der Waals surface area contributed by atoms with Gasteiger partial charge in [-0.25, -0.2) is 9.97 Å². The second-order valence-corrected chi connectivity index (χ2v) is 5.23. The summed E-state index contributed by atoms with van der Waals surface area (Å²) >= 11 is 0. The number of aromatic nitrogens is 3. The number of nitrogens with two attached hydrogens (primary N) is 1. The second-order valence-electron chi connectivity index (χ2n) is 5.23. The molecule has 3 aromatic rings. The molecule has 2 heterocycles. The quantitative estimate of drug-likeness (QED) is 0.766. The van der Waals surface area contributed by atoms with Gasteiger partial charge in [-0.15, -0.1) is 0 Å². The maximum Gasteiger partial charge on any atom is 0.267 e. The molecule has 0 fully saturated rings. The Morgan fingerprint density at radius 1 is 1.17 bits per heavy atom. The first-order valence-corrected chi connectivity index (χ1v) is 7.21. The monoisotopic (exact) mass is 321 g/mol. The molecule has 0 saturated heterocycles. The SMILES string of the molecule is Cc1ccnc(NC(=O)c2ccc(-n3cncc3C(N)=O)cc2)c1. The van der Waals surface area contributed by atoms with Gasteiger partial charge in [0.25, 0.3) is 11.8 Å². The van der Waals surface area contributed by atoms with Crippen LogP contribution >= 0.6 is 0 Å². The first kappa shape index (κ1) is 15.4. The molecular weight excluding hydrogens is 306 g/mol. The van der Waals surface area contributed by atoms with E-state index in [-0.39, 0.29) is 11.6 Å². The third-order valence-corrected chi connectivity index (χ3v) is 3.46. The topological polar surface area (TPSA) is 103 Å². The lowest BCUT2D eigenvalue weighted by Crippen LogP contribution is -2.16. The van der Waals surface area contributed by atoms with E-state index >= 15 is 0 Å². The van der Waals surface area contributed by atoms with Crippen molar-refractivity contribution in [3.63, 3.8) is 0 Å². The van der Waals surface area contributed by atoms with E-state index in [1.54, 1.807) is 41.1 Å². The van der Waals surface area contributed by atoms with Crippen LogP contribution in [0.25, 0.3) is 5.69 Å². The number of hydrogen-bond acceptors (Lipinski definition) is 4. The first-order valence-electron chi connectivity index (χ1n) is 7.21. The number of pyridine rings is 1. The number of rotatable bonds is 4. The highest BCUT2D eigenvalue weighted by Gasteiger charge is 2.11. The van der Waals surface area contributed by atoms with Gasteiger partial charge >= 0.3 is 0 Å². The molecule has 0 saturated carbocycles. The predicted octanol–water partition coefficient (Wildman–Crippen LogP) is 1.93. The van der Waals surface area contributed by atoms with Gasteiger partial charge in [0.2, 0.25) is 0 Å². The van der Waals surface area contributed by atoms with Crippen LogP contribution in [0.15, 0.2) is 55.1 Å². The lowest BCUT2D eigenvalue weighted by Gasteiger charge is -2.08. The van der Waals surface area contributed by atoms with E-state index in [1.165, 1.54) is 12.5 Å². The van der Waals surface area contributed by atoms with Gasteiger partial charge in [0.05, 0.1) is 12.5 Å². The van der Waals surface area contributed by atoms with Crippen LogP contribution in [0.5, 0.6) is 0 Å². The van der Waals surface area contributed by atoms with Crippen molar-refractivity contribution < 1.29 is 9.59 Å². The number of aryl methyl sites for hydroxylation is 1.